The summed E-state index contributed by atoms with van der Waals surface area (Å²) in [7, 11) is -4.00. The Morgan fingerprint density at radius 2 is 1.93 bits per heavy atom. The number of nitrogens with one attached hydrogen (secondary N) is 2. The summed E-state index contributed by atoms with van der Waals surface area (Å²) in [6.07, 6.45) is 3.16. The van der Waals surface area contributed by atoms with Gasteiger partial charge in [-0.25, -0.2) is 32.6 Å². The number of thiazole rings is 1. The van der Waals surface area contributed by atoms with E-state index in [0.717, 1.165) is 46.6 Å². The van der Waals surface area contributed by atoms with Crippen LogP contribution in [0.3, 0.4) is 0 Å². The number of hydrazine groups is 2. The zero-order valence-electron chi connectivity index (χ0n) is 31.6. The SMILES string of the molecule is CC1=NC2=CN(CS(=O)(=O)c3ccc(O)c(O)c3)NN2C(SCC2=C(C(=O)O)N3C(=O)[C@@H](NC(=O)C(=NOCc4ccc(O)c(O)c4F)c4csc(N)n4)[C@H]3SC2)=C1.[H-].[Na+]. The fourth-order valence-corrected chi connectivity index (χ4v) is 10.2. The number of carbonyl (C=O) groups is 3. The first-order valence-corrected chi connectivity index (χ1v) is 21.1. The summed E-state index contributed by atoms with van der Waals surface area (Å²) in [4.78, 5) is 54.2. The molecule has 0 unspecified atom stereocenters. The maximum absolute atomic E-state index is 14.4. The van der Waals surface area contributed by atoms with Crippen LogP contribution >= 0.6 is 34.9 Å². The fourth-order valence-electron chi connectivity index (χ4n) is 5.87. The number of aromatic nitrogens is 1. The third kappa shape index (κ3) is 8.82. The molecule has 2 amide bonds. The number of hydrogen-bond donors (Lipinski definition) is 8. The summed E-state index contributed by atoms with van der Waals surface area (Å²) >= 11 is 3.40. The monoisotopic (exact) mass is 899 g/mol. The topological polar surface area (TPSA) is 293 Å². The summed E-state index contributed by atoms with van der Waals surface area (Å²) in [6.45, 7) is 1.15. The molecule has 0 spiro atoms. The third-order valence-electron chi connectivity index (χ3n) is 8.65. The van der Waals surface area contributed by atoms with E-state index in [1.807, 2.05) is 0 Å². The number of halogens is 1. The summed E-state index contributed by atoms with van der Waals surface area (Å²) in [6, 6.07) is 4.16. The van der Waals surface area contributed by atoms with E-state index in [-0.39, 0.29) is 69.5 Å². The number of carboxylic acid groups (broad SMARTS) is 1. The zero-order chi connectivity index (χ0) is 41.6. The molecule has 26 heteroatoms. The van der Waals surface area contributed by atoms with E-state index in [1.165, 1.54) is 45.1 Å². The maximum atomic E-state index is 14.4. The second-order valence-corrected chi connectivity index (χ2v) is 17.6. The number of hydrogen-bond acceptors (Lipinski definition) is 20. The number of fused-ring (bicyclic) bond motifs is 2. The van der Waals surface area contributed by atoms with Gasteiger partial charge in [0.25, 0.3) is 11.8 Å². The van der Waals surface area contributed by atoms with Gasteiger partial charge >= 0.3 is 35.5 Å². The molecular formula is C33H31FN9NaO11S4. The Morgan fingerprint density at radius 1 is 1.19 bits per heavy atom. The fraction of sp³-hybridized carbons (Fsp3) is 0.212. The number of anilines is 1. The van der Waals surface area contributed by atoms with Gasteiger partial charge in [-0.05, 0) is 42.8 Å². The number of nitrogen functional groups attached to an aromatic ring is 1. The number of β-lactam (4-membered cyclic amide) rings is 1. The Kier molecular flexibility index (Phi) is 12.8. The predicted molar refractivity (Wildman–Crippen MR) is 209 cm³/mol. The largest absolute Gasteiger partial charge is 1.00 e. The molecule has 2 atom stereocenters. The zero-order valence-corrected chi connectivity index (χ0v) is 35.8. The smallest absolute Gasteiger partial charge is 1.00 e. The van der Waals surface area contributed by atoms with Gasteiger partial charge in [-0.1, -0.05) is 5.16 Å². The van der Waals surface area contributed by atoms with Gasteiger partial charge < -0.3 is 42.8 Å². The number of amides is 2. The number of allylic oxidation sites excluding steroid dienone is 1. The van der Waals surface area contributed by atoms with Gasteiger partial charge in [-0.3, -0.25) is 19.5 Å². The minimum Gasteiger partial charge on any atom is -1.00 e. The standard InChI is InChI=1S/C33H30FN9O11S4.Na.H/c1-14-6-23(43-22(36-14)8-41(40-43)13-58(52,53)17-3-5-19(44)21(46)7-17)55-10-16-11-56-31-26(30(49)42(31)27(16)32(50)51)38-29(48)25(18-12-57-33(35)37-18)39-54-9-15-2-4-20(45)28(47)24(15)34;;/h2-8,12,26,31,40,44-47H,9-11,13H2,1H3,(H2,35,37)(H,38,48)(H,50,51);;/q;+1;-1/t26-,31-;;/m1../s1. The predicted octanol–water partition coefficient (Wildman–Crippen LogP) is -1.22. The van der Waals surface area contributed by atoms with Crippen LogP contribution in [-0.2, 0) is 35.7 Å². The molecule has 1 saturated heterocycles. The van der Waals surface area contributed by atoms with E-state index in [1.54, 1.807) is 13.0 Å². The van der Waals surface area contributed by atoms with Crippen molar-refractivity contribution in [2.24, 2.45) is 10.1 Å². The van der Waals surface area contributed by atoms with E-state index < -0.39 is 86.0 Å². The van der Waals surface area contributed by atoms with Crippen molar-refractivity contribution in [3.05, 3.63) is 87.2 Å². The molecule has 4 aliphatic heterocycles. The number of carboxylic acids is 1. The van der Waals surface area contributed by atoms with E-state index in [4.69, 9.17) is 10.6 Å². The Balaban J connectivity index is 0.00000341. The van der Waals surface area contributed by atoms with E-state index >= 15 is 0 Å². The molecule has 7 rings (SSSR count). The van der Waals surface area contributed by atoms with Gasteiger partial charge in [0.15, 0.2) is 55.3 Å². The van der Waals surface area contributed by atoms with Crippen LogP contribution < -0.4 is 46.1 Å². The van der Waals surface area contributed by atoms with Crippen molar-refractivity contribution in [3.63, 3.8) is 0 Å². The molecule has 9 N–H and O–H groups in total. The third-order valence-corrected chi connectivity index (χ3v) is 13.3. The molecule has 59 heavy (non-hydrogen) atoms. The van der Waals surface area contributed by atoms with E-state index in [2.05, 4.69) is 26.0 Å². The van der Waals surface area contributed by atoms with Gasteiger partial charge in [0.2, 0.25) is 0 Å². The molecule has 0 saturated carbocycles. The molecule has 2 aromatic carbocycles. The molecular weight excluding hydrogens is 869 g/mol. The number of nitrogens with zero attached hydrogens (tertiary/aromatic N) is 6. The van der Waals surface area contributed by atoms with Gasteiger partial charge in [0.05, 0.1) is 16.1 Å². The van der Waals surface area contributed by atoms with Crippen molar-refractivity contribution < 1.29 is 88.5 Å². The van der Waals surface area contributed by atoms with E-state index in [0.29, 0.717) is 22.1 Å². The van der Waals surface area contributed by atoms with Crippen molar-refractivity contribution in [1.29, 1.82) is 0 Å². The summed E-state index contributed by atoms with van der Waals surface area (Å²) in [5.74, 6) is -6.89. The van der Waals surface area contributed by atoms with Crippen molar-refractivity contribution in [1.82, 2.24) is 30.8 Å². The molecule has 306 valence electrons. The number of rotatable bonds is 13. The first-order valence-electron chi connectivity index (χ1n) is 16.5. The number of thioether (sulfide) groups is 2. The number of oxime groups is 1. The number of phenolic OH excluding ortho intramolecular Hbond substituents is 4. The van der Waals surface area contributed by atoms with Crippen molar-refractivity contribution in [3.8, 4) is 23.0 Å². The molecule has 20 nitrogen and oxygen atoms in total. The molecule has 1 fully saturated rings. The quantitative estimate of drug-likeness (QED) is 0.0328. The van der Waals surface area contributed by atoms with Crippen LogP contribution in [0.25, 0.3) is 0 Å². The summed E-state index contributed by atoms with van der Waals surface area (Å²) < 4.78 is 40.5. The number of benzene rings is 2. The first-order chi connectivity index (χ1) is 27.5. The molecule has 0 radical (unpaired) electrons. The minimum atomic E-state index is -4.00. The number of aliphatic carboxylic acids is 1. The Morgan fingerprint density at radius 3 is 2.63 bits per heavy atom. The molecule has 1 aromatic heterocycles. The summed E-state index contributed by atoms with van der Waals surface area (Å²) in [5, 5.41) is 59.1. The number of aliphatic imine (C=N–C) groups is 1. The second kappa shape index (κ2) is 17.3. The van der Waals surface area contributed by atoms with E-state index in [9.17, 15) is 52.7 Å². The van der Waals surface area contributed by atoms with Crippen LogP contribution in [0.15, 0.2) is 85.2 Å². The minimum absolute atomic E-state index is 0. The number of aromatic hydroxyl groups is 4. The number of sulfone groups is 1. The van der Waals surface area contributed by atoms with Crippen LogP contribution in [-0.4, -0.2) is 112 Å². The summed E-state index contributed by atoms with van der Waals surface area (Å²) in [5.41, 5.74) is 8.75. The number of phenols is 4. The Hall–Kier alpha value is -5.02. The molecule has 3 aromatic rings. The first kappa shape index (κ1) is 43.6. The molecule has 5 heterocycles. The van der Waals surface area contributed by atoms with Crippen LogP contribution in [0.1, 0.15) is 19.6 Å². The van der Waals surface area contributed by atoms with Crippen LogP contribution in [0.2, 0.25) is 0 Å². The average Bonchev–Trinajstić information content (AvgIpc) is 3.79. The second-order valence-electron chi connectivity index (χ2n) is 12.6. The molecule has 0 aliphatic carbocycles. The van der Waals surface area contributed by atoms with Gasteiger partial charge in [0, 0.05) is 34.2 Å². The van der Waals surface area contributed by atoms with Crippen LogP contribution in [0.4, 0.5) is 9.52 Å². The van der Waals surface area contributed by atoms with Crippen molar-refractivity contribution in [2.75, 3.05) is 23.1 Å². The van der Waals surface area contributed by atoms with Crippen LogP contribution in [0.5, 0.6) is 23.0 Å². The Labute approximate surface area is 369 Å². The van der Waals surface area contributed by atoms with Crippen molar-refractivity contribution in [2.45, 2.75) is 29.8 Å². The van der Waals surface area contributed by atoms with Crippen molar-refractivity contribution >= 4 is 79.0 Å². The average molecular weight is 900 g/mol. The van der Waals surface area contributed by atoms with Gasteiger partial charge in [-0.2, -0.15) is 0 Å². The molecule has 4 aliphatic rings. The van der Waals surface area contributed by atoms with Gasteiger partial charge in [-0.15, -0.1) is 40.4 Å². The number of nitrogens with two attached hydrogens (primary N) is 1. The van der Waals surface area contributed by atoms with Crippen LogP contribution in [0, 0.1) is 5.82 Å². The maximum Gasteiger partial charge on any atom is 1.00 e. The number of carbonyl (C=O) groups excluding carboxylic acids is 2. The normalized spacial score (nSPS) is 18.9. The molecule has 0 bridgehead atoms. The Bertz CT molecular complexity index is 2540. The van der Waals surface area contributed by atoms with Gasteiger partial charge in [0.1, 0.15) is 35.3 Å².